The zero-order chi connectivity index (χ0) is 14.5. The number of carbonyl (C=O) groups excluding carboxylic acids is 2. The molecular formula is C16H24N2O2. The van der Waals surface area contributed by atoms with Crippen LogP contribution in [0.2, 0.25) is 0 Å². The van der Waals surface area contributed by atoms with E-state index in [4.69, 9.17) is 0 Å². The highest BCUT2D eigenvalue weighted by atomic mass is 16.2. The molecule has 1 fully saturated rings. The Labute approximate surface area is 120 Å². The van der Waals surface area contributed by atoms with Crippen LogP contribution in [0.25, 0.3) is 0 Å². The minimum absolute atomic E-state index is 0.0351. The Bertz CT molecular complexity index is 479. The Morgan fingerprint density at radius 3 is 2.85 bits per heavy atom. The number of ketones is 1. The van der Waals surface area contributed by atoms with Gasteiger partial charge in [-0.3, -0.25) is 9.59 Å². The summed E-state index contributed by atoms with van der Waals surface area (Å²) in [6.07, 6.45) is 8.62. The summed E-state index contributed by atoms with van der Waals surface area (Å²) in [6, 6.07) is 1.81. The first-order valence-corrected chi connectivity index (χ1v) is 7.53. The summed E-state index contributed by atoms with van der Waals surface area (Å²) >= 11 is 0. The topological polar surface area (TPSA) is 42.3 Å². The summed E-state index contributed by atoms with van der Waals surface area (Å²) in [5.41, 5.74) is 0.689. The average Bonchev–Trinajstić information content (AvgIpc) is 2.79. The van der Waals surface area contributed by atoms with Crippen LogP contribution in [-0.2, 0) is 11.8 Å². The fourth-order valence-corrected chi connectivity index (χ4v) is 2.89. The van der Waals surface area contributed by atoms with E-state index in [9.17, 15) is 9.59 Å². The van der Waals surface area contributed by atoms with Crippen molar-refractivity contribution in [2.45, 2.75) is 39.0 Å². The van der Waals surface area contributed by atoms with Gasteiger partial charge in [-0.15, -0.1) is 0 Å². The molecule has 4 nitrogen and oxygen atoms in total. The van der Waals surface area contributed by atoms with E-state index >= 15 is 0 Å². The van der Waals surface area contributed by atoms with Crippen molar-refractivity contribution in [3.8, 4) is 0 Å². The smallest absolute Gasteiger partial charge is 0.222 e. The quantitative estimate of drug-likeness (QED) is 0.776. The van der Waals surface area contributed by atoms with Crippen LogP contribution in [-0.4, -0.2) is 34.2 Å². The van der Waals surface area contributed by atoms with E-state index in [2.05, 4.69) is 6.92 Å². The van der Waals surface area contributed by atoms with Gasteiger partial charge < -0.3 is 9.47 Å². The molecular weight excluding hydrogens is 252 g/mol. The number of aryl methyl sites for hydroxylation is 1. The molecule has 0 N–H and O–H groups in total. The number of amides is 1. The van der Waals surface area contributed by atoms with Crippen molar-refractivity contribution >= 4 is 11.7 Å². The van der Waals surface area contributed by atoms with E-state index in [1.54, 1.807) is 4.90 Å². The standard InChI is InChI=1S/C16H24N2O2/c1-3-4-13-5-6-16(20)18(10-7-13)12-15(19)14-8-9-17(2)11-14/h8-9,11,13H,3-7,10,12H2,1-2H3. The van der Waals surface area contributed by atoms with Crippen LogP contribution in [0.1, 0.15) is 49.4 Å². The SMILES string of the molecule is CCCC1CCC(=O)N(CC(=O)c2ccn(C)c2)CC1. The number of aromatic nitrogens is 1. The van der Waals surface area contributed by atoms with Gasteiger partial charge in [0.15, 0.2) is 5.78 Å². The molecule has 0 aliphatic carbocycles. The molecule has 0 spiro atoms. The van der Waals surface area contributed by atoms with E-state index in [-0.39, 0.29) is 18.2 Å². The van der Waals surface area contributed by atoms with Crippen LogP contribution in [0.3, 0.4) is 0 Å². The summed E-state index contributed by atoms with van der Waals surface area (Å²) < 4.78 is 1.86. The summed E-state index contributed by atoms with van der Waals surface area (Å²) in [5, 5.41) is 0. The van der Waals surface area contributed by atoms with Crippen molar-refractivity contribution in [3.05, 3.63) is 24.0 Å². The van der Waals surface area contributed by atoms with E-state index in [0.29, 0.717) is 17.9 Å². The Kier molecular flexibility index (Phi) is 4.99. The number of carbonyl (C=O) groups is 2. The Hall–Kier alpha value is -1.58. The lowest BCUT2D eigenvalue weighted by molar-refractivity contribution is -0.130. The van der Waals surface area contributed by atoms with Gasteiger partial charge in [0, 0.05) is 38.0 Å². The summed E-state index contributed by atoms with van der Waals surface area (Å²) in [4.78, 5) is 26.0. The molecule has 1 aliphatic rings. The average molecular weight is 276 g/mol. The molecule has 110 valence electrons. The molecule has 1 aliphatic heterocycles. The third kappa shape index (κ3) is 3.71. The highest BCUT2D eigenvalue weighted by molar-refractivity contribution is 5.99. The van der Waals surface area contributed by atoms with E-state index < -0.39 is 0 Å². The number of rotatable bonds is 5. The monoisotopic (exact) mass is 276 g/mol. The van der Waals surface area contributed by atoms with E-state index in [1.165, 1.54) is 12.8 Å². The fourth-order valence-electron chi connectivity index (χ4n) is 2.89. The van der Waals surface area contributed by atoms with Gasteiger partial charge in [0.05, 0.1) is 6.54 Å². The van der Waals surface area contributed by atoms with Gasteiger partial charge >= 0.3 is 0 Å². The minimum atomic E-state index is 0.0351. The first-order valence-electron chi connectivity index (χ1n) is 7.53. The third-order valence-corrected chi connectivity index (χ3v) is 4.11. The minimum Gasteiger partial charge on any atom is -0.357 e. The molecule has 0 aromatic carbocycles. The summed E-state index contributed by atoms with van der Waals surface area (Å²) in [5.74, 6) is 0.807. The van der Waals surface area contributed by atoms with Crippen molar-refractivity contribution < 1.29 is 9.59 Å². The highest BCUT2D eigenvalue weighted by Gasteiger charge is 2.24. The maximum atomic E-state index is 12.2. The number of nitrogens with zero attached hydrogens (tertiary/aromatic N) is 2. The molecule has 2 heterocycles. The van der Waals surface area contributed by atoms with Gasteiger partial charge in [0.25, 0.3) is 0 Å². The Balaban J connectivity index is 1.94. The van der Waals surface area contributed by atoms with E-state index in [0.717, 1.165) is 19.4 Å². The lowest BCUT2D eigenvalue weighted by atomic mass is 9.96. The van der Waals surface area contributed by atoms with Crippen LogP contribution >= 0.6 is 0 Å². The fraction of sp³-hybridized carbons (Fsp3) is 0.625. The molecule has 1 saturated heterocycles. The number of Topliss-reactive ketones (excluding diaryl/α,β-unsaturated/α-hetero) is 1. The van der Waals surface area contributed by atoms with Crippen LogP contribution in [0.4, 0.5) is 0 Å². The molecule has 1 atom stereocenters. The van der Waals surface area contributed by atoms with Crippen molar-refractivity contribution in [2.75, 3.05) is 13.1 Å². The Morgan fingerprint density at radius 1 is 1.40 bits per heavy atom. The molecule has 0 bridgehead atoms. The number of hydrogen-bond donors (Lipinski definition) is 0. The number of likely N-dealkylation sites (tertiary alicyclic amines) is 1. The molecule has 4 heteroatoms. The second-order valence-electron chi connectivity index (χ2n) is 5.79. The molecule has 1 aromatic heterocycles. The highest BCUT2D eigenvalue weighted by Crippen LogP contribution is 2.22. The van der Waals surface area contributed by atoms with Crippen molar-refractivity contribution in [1.29, 1.82) is 0 Å². The van der Waals surface area contributed by atoms with Crippen LogP contribution in [0.15, 0.2) is 18.5 Å². The molecule has 1 amide bonds. The van der Waals surface area contributed by atoms with Crippen molar-refractivity contribution in [3.63, 3.8) is 0 Å². The number of hydrogen-bond acceptors (Lipinski definition) is 2. The first-order chi connectivity index (χ1) is 9.60. The second kappa shape index (κ2) is 6.73. The first kappa shape index (κ1) is 14.8. The van der Waals surface area contributed by atoms with Gasteiger partial charge in [-0.1, -0.05) is 19.8 Å². The van der Waals surface area contributed by atoms with Crippen LogP contribution in [0.5, 0.6) is 0 Å². The molecule has 1 aromatic rings. The molecule has 1 unspecified atom stereocenters. The van der Waals surface area contributed by atoms with Crippen molar-refractivity contribution in [2.24, 2.45) is 13.0 Å². The van der Waals surface area contributed by atoms with Crippen LogP contribution < -0.4 is 0 Å². The predicted molar refractivity (Wildman–Crippen MR) is 78.6 cm³/mol. The Morgan fingerprint density at radius 2 is 2.20 bits per heavy atom. The molecule has 2 rings (SSSR count). The molecule has 0 radical (unpaired) electrons. The molecule has 20 heavy (non-hydrogen) atoms. The zero-order valence-corrected chi connectivity index (χ0v) is 12.5. The van der Waals surface area contributed by atoms with Gasteiger partial charge in [-0.05, 0) is 24.8 Å². The van der Waals surface area contributed by atoms with Crippen molar-refractivity contribution in [1.82, 2.24) is 9.47 Å². The largest absolute Gasteiger partial charge is 0.357 e. The zero-order valence-electron chi connectivity index (χ0n) is 12.5. The maximum Gasteiger partial charge on any atom is 0.222 e. The second-order valence-corrected chi connectivity index (χ2v) is 5.79. The van der Waals surface area contributed by atoms with Gasteiger partial charge in [0.2, 0.25) is 5.91 Å². The molecule has 0 saturated carbocycles. The van der Waals surface area contributed by atoms with Crippen LogP contribution in [0, 0.1) is 5.92 Å². The summed E-state index contributed by atoms with van der Waals surface area (Å²) in [7, 11) is 1.89. The lowest BCUT2D eigenvalue weighted by Crippen LogP contribution is -2.35. The third-order valence-electron chi connectivity index (χ3n) is 4.11. The normalized spacial score (nSPS) is 20.0. The maximum absolute atomic E-state index is 12.2. The van der Waals surface area contributed by atoms with E-state index in [1.807, 2.05) is 30.1 Å². The summed E-state index contributed by atoms with van der Waals surface area (Å²) in [6.45, 7) is 3.13. The lowest BCUT2D eigenvalue weighted by Gasteiger charge is -2.19. The predicted octanol–water partition coefficient (Wildman–Crippen LogP) is 2.64. The van der Waals surface area contributed by atoms with Gasteiger partial charge in [0.1, 0.15) is 0 Å². The van der Waals surface area contributed by atoms with Gasteiger partial charge in [-0.25, -0.2) is 0 Å². The van der Waals surface area contributed by atoms with Gasteiger partial charge in [-0.2, -0.15) is 0 Å².